The summed E-state index contributed by atoms with van der Waals surface area (Å²) in [5, 5.41) is 3.56. The Hall–Kier alpha value is -1.08. The van der Waals surface area contributed by atoms with Gasteiger partial charge in [0.1, 0.15) is 0 Å². The Labute approximate surface area is 104 Å². The van der Waals surface area contributed by atoms with Crippen molar-refractivity contribution in [1.29, 1.82) is 0 Å². The highest BCUT2D eigenvalue weighted by Gasteiger charge is 2.34. The van der Waals surface area contributed by atoms with Gasteiger partial charge in [0.2, 0.25) is 0 Å². The van der Waals surface area contributed by atoms with Gasteiger partial charge in [-0.05, 0) is 49.1 Å². The molecule has 0 saturated heterocycles. The molecule has 2 aliphatic carbocycles. The van der Waals surface area contributed by atoms with Crippen molar-refractivity contribution < 1.29 is 0 Å². The Morgan fingerprint density at radius 1 is 1.06 bits per heavy atom. The molecule has 0 radical (unpaired) electrons. The molecule has 90 valence electrons. The highest BCUT2D eigenvalue weighted by Crippen LogP contribution is 2.44. The van der Waals surface area contributed by atoms with Gasteiger partial charge in [0.15, 0.2) is 0 Å². The van der Waals surface area contributed by atoms with Crippen LogP contribution in [0, 0.1) is 17.8 Å². The molecule has 1 aromatic carbocycles. The maximum Gasteiger partial charge on any atom is 0.0205 e. The fourth-order valence-corrected chi connectivity index (χ4v) is 3.34. The first-order valence-electron chi connectivity index (χ1n) is 6.85. The van der Waals surface area contributed by atoms with Crippen molar-refractivity contribution in [3.05, 3.63) is 48.0 Å². The maximum atomic E-state index is 3.56. The summed E-state index contributed by atoms with van der Waals surface area (Å²) in [5.41, 5.74) is 1.39. The van der Waals surface area contributed by atoms with Gasteiger partial charge in [-0.3, -0.25) is 0 Å². The Kier molecular flexibility index (Phi) is 3.28. The minimum atomic E-state index is 0.901. The normalized spacial score (nSPS) is 30.0. The van der Waals surface area contributed by atoms with Crippen molar-refractivity contribution in [3.63, 3.8) is 0 Å². The van der Waals surface area contributed by atoms with Crippen molar-refractivity contribution in [2.75, 3.05) is 6.54 Å². The molecule has 0 unspecified atom stereocenters. The van der Waals surface area contributed by atoms with Gasteiger partial charge < -0.3 is 5.32 Å². The molecule has 1 N–H and O–H groups in total. The molecule has 3 rings (SSSR count). The molecule has 1 saturated carbocycles. The van der Waals surface area contributed by atoms with Gasteiger partial charge >= 0.3 is 0 Å². The lowest BCUT2D eigenvalue weighted by Gasteiger charge is -2.18. The second kappa shape index (κ2) is 5.05. The average molecular weight is 227 g/mol. The second-order valence-electron chi connectivity index (χ2n) is 5.49. The standard InChI is InChI=1S/C16H21N/c1-2-4-13(5-3-1)12-17-9-8-16-11-14-6-7-15(16)10-14/h1-7,14-17H,8-12H2/t14-,15-,16+/m0/s1. The Morgan fingerprint density at radius 2 is 1.94 bits per heavy atom. The molecule has 3 atom stereocenters. The molecular weight excluding hydrogens is 206 g/mol. The van der Waals surface area contributed by atoms with E-state index in [1.54, 1.807) is 0 Å². The second-order valence-corrected chi connectivity index (χ2v) is 5.49. The van der Waals surface area contributed by atoms with Gasteiger partial charge in [0.05, 0.1) is 0 Å². The monoisotopic (exact) mass is 227 g/mol. The topological polar surface area (TPSA) is 12.0 Å². The van der Waals surface area contributed by atoms with Crippen LogP contribution in [0.15, 0.2) is 42.5 Å². The predicted molar refractivity (Wildman–Crippen MR) is 71.6 cm³/mol. The van der Waals surface area contributed by atoms with Crippen molar-refractivity contribution in [2.45, 2.75) is 25.8 Å². The van der Waals surface area contributed by atoms with Gasteiger partial charge in [-0.1, -0.05) is 42.5 Å². The quantitative estimate of drug-likeness (QED) is 0.600. The van der Waals surface area contributed by atoms with Crippen LogP contribution in [-0.4, -0.2) is 6.54 Å². The van der Waals surface area contributed by atoms with Crippen LogP contribution in [0.2, 0.25) is 0 Å². The number of benzene rings is 1. The van der Waals surface area contributed by atoms with Crippen LogP contribution in [0.4, 0.5) is 0 Å². The molecule has 1 fully saturated rings. The summed E-state index contributed by atoms with van der Waals surface area (Å²) in [5.74, 6) is 2.77. The van der Waals surface area contributed by atoms with Crippen molar-refractivity contribution in [3.8, 4) is 0 Å². The lowest BCUT2D eigenvalue weighted by Crippen LogP contribution is -2.19. The van der Waals surface area contributed by atoms with Crippen LogP contribution in [0.25, 0.3) is 0 Å². The van der Waals surface area contributed by atoms with Crippen LogP contribution in [0.5, 0.6) is 0 Å². The first-order valence-corrected chi connectivity index (χ1v) is 6.85. The average Bonchev–Trinajstić information content (AvgIpc) is 2.98. The van der Waals surface area contributed by atoms with E-state index in [1.165, 1.54) is 24.8 Å². The molecule has 17 heavy (non-hydrogen) atoms. The minimum absolute atomic E-state index is 0.901. The lowest BCUT2D eigenvalue weighted by atomic mass is 9.91. The van der Waals surface area contributed by atoms with E-state index in [0.717, 1.165) is 30.8 Å². The van der Waals surface area contributed by atoms with Gasteiger partial charge in [-0.2, -0.15) is 0 Å². The third kappa shape index (κ3) is 2.61. The highest BCUT2D eigenvalue weighted by atomic mass is 14.8. The largest absolute Gasteiger partial charge is 0.313 e. The molecule has 1 heteroatoms. The van der Waals surface area contributed by atoms with E-state index in [1.807, 2.05) is 0 Å². The first-order chi connectivity index (χ1) is 8.42. The van der Waals surface area contributed by atoms with E-state index in [-0.39, 0.29) is 0 Å². The van der Waals surface area contributed by atoms with E-state index in [9.17, 15) is 0 Å². The third-order valence-electron chi connectivity index (χ3n) is 4.28. The zero-order valence-corrected chi connectivity index (χ0v) is 10.3. The first kappa shape index (κ1) is 11.0. The fourth-order valence-electron chi connectivity index (χ4n) is 3.34. The Morgan fingerprint density at radius 3 is 2.65 bits per heavy atom. The van der Waals surface area contributed by atoms with Crippen molar-refractivity contribution >= 4 is 0 Å². The highest BCUT2D eigenvalue weighted by molar-refractivity contribution is 5.14. The van der Waals surface area contributed by atoms with Crippen LogP contribution < -0.4 is 5.32 Å². The van der Waals surface area contributed by atoms with Gasteiger partial charge in [-0.25, -0.2) is 0 Å². The van der Waals surface area contributed by atoms with Gasteiger partial charge in [0, 0.05) is 6.54 Å². The molecule has 1 aromatic rings. The van der Waals surface area contributed by atoms with E-state index in [2.05, 4.69) is 47.8 Å². The summed E-state index contributed by atoms with van der Waals surface area (Å²) in [6.07, 6.45) is 9.10. The smallest absolute Gasteiger partial charge is 0.0205 e. The summed E-state index contributed by atoms with van der Waals surface area (Å²) in [4.78, 5) is 0. The summed E-state index contributed by atoms with van der Waals surface area (Å²) in [7, 11) is 0. The molecule has 0 heterocycles. The van der Waals surface area contributed by atoms with Gasteiger partial charge in [-0.15, -0.1) is 0 Å². The van der Waals surface area contributed by atoms with E-state index < -0.39 is 0 Å². The van der Waals surface area contributed by atoms with E-state index in [4.69, 9.17) is 0 Å². The summed E-state index contributed by atoms with van der Waals surface area (Å²) in [6.45, 7) is 2.17. The number of rotatable bonds is 5. The molecule has 0 aliphatic heterocycles. The Balaban J connectivity index is 1.37. The lowest BCUT2D eigenvalue weighted by molar-refractivity contribution is 0.403. The van der Waals surface area contributed by atoms with Gasteiger partial charge in [0.25, 0.3) is 0 Å². The molecule has 1 nitrogen and oxygen atoms in total. The number of hydrogen-bond acceptors (Lipinski definition) is 1. The molecule has 0 amide bonds. The van der Waals surface area contributed by atoms with Crippen LogP contribution in [0.1, 0.15) is 24.8 Å². The van der Waals surface area contributed by atoms with E-state index >= 15 is 0 Å². The Bertz CT molecular complexity index is 382. The third-order valence-corrected chi connectivity index (χ3v) is 4.28. The van der Waals surface area contributed by atoms with Crippen LogP contribution in [0.3, 0.4) is 0 Å². The molecule has 0 spiro atoms. The van der Waals surface area contributed by atoms with Crippen molar-refractivity contribution in [2.24, 2.45) is 17.8 Å². The fraction of sp³-hybridized carbons (Fsp3) is 0.500. The summed E-state index contributed by atoms with van der Waals surface area (Å²) >= 11 is 0. The molecule has 2 aliphatic rings. The van der Waals surface area contributed by atoms with Crippen LogP contribution in [-0.2, 0) is 6.54 Å². The predicted octanol–water partition coefficient (Wildman–Crippen LogP) is 3.38. The zero-order chi connectivity index (χ0) is 11.5. The minimum Gasteiger partial charge on any atom is -0.313 e. The number of hydrogen-bond donors (Lipinski definition) is 1. The maximum absolute atomic E-state index is 3.56. The molecule has 0 aromatic heterocycles. The molecular formula is C16H21N. The van der Waals surface area contributed by atoms with Crippen molar-refractivity contribution in [1.82, 2.24) is 5.32 Å². The number of fused-ring (bicyclic) bond motifs is 2. The summed E-state index contributed by atoms with van der Waals surface area (Å²) in [6, 6.07) is 10.7. The zero-order valence-electron chi connectivity index (χ0n) is 10.3. The van der Waals surface area contributed by atoms with E-state index in [0.29, 0.717) is 0 Å². The number of nitrogens with one attached hydrogen (secondary N) is 1. The summed E-state index contributed by atoms with van der Waals surface area (Å²) < 4.78 is 0. The molecule has 2 bridgehead atoms. The number of allylic oxidation sites excluding steroid dienone is 2. The van der Waals surface area contributed by atoms with Crippen LogP contribution >= 0.6 is 0 Å². The SMILES string of the molecule is C1=C[C@H]2C[C@H]1C[C@H]2CCNCc1ccccc1.